The van der Waals surface area contributed by atoms with Gasteiger partial charge in [0.15, 0.2) is 43.2 Å². The second kappa shape index (κ2) is 15.0. The van der Waals surface area contributed by atoms with Crippen LogP contribution in [0, 0.1) is 0 Å². The SMILES string of the molecule is CCC(OC(F)C(F)(F)C(F)(F)C(F)(F)C(F)C(F)C(F)C(F)C(F)C(F)C(F)C(F)C(F)F)[Si](OC)(OC)OC. The standard InChI is InChI=1S/C19H25F17O4Si/c1-5-6(41(37-2,38-3)39-4)40-16(30)18(33,34)19(35,36)17(31,32)14(27)12(25)10(23)8(21)7(20)9(22)11(24)13(26)15(28)29/h6-16H,5H2,1-4H3. The summed E-state index contributed by atoms with van der Waals surface area (Å²) >= 11 is 0. The molecule has 0 N–H and O–H groups in total. The maximum absolute atomic E-state index is 14.2. The van der Waals surface area contributed by atoms with Gasteiger partial charge in [-0.05, 0) is 6.42 Å². The van der Waals surface area contributed by atoms with E-state index in [-0.39, 0.29) is 0 Å². The average Bonchev–Trinajstić information content (AvgIpc) is 2.93. The van der Waals surface area contributed by atoms with Gasteiger partial charge in [0.25, 0.3) is 12.8 Å². The third kappa shape index (κ3) is 7.88. The molecule has 0 aromatic rings. The maximum Gasteiger partial charge on any atom is 0.530 e. The van der Waals surface area contributed by atoms with Crippen molar-refractivity contribution in [3.8, 4) is 0 Å². The van der Waals surface area contributed by atoms with Gasteiger partial charge in [-0.15, -0.1) is 0 Å². The van der Waals surface area contributed by atoms with Crippen molar-refractivity contribution in [2.45, 2.75) is 99.0 Å². The molecule has 0 saturated heterocycles. The zero-order chi connectivity index (χ0) is 32.9. The number of hydrogen-bond acceptors (Lipinski definition) is 4. The fourth-order valence-corrected chi connectivity index (χ4v) is 5.29. The van der Waals surface area contributed by atoms with Gasteiger partial charge in [-0.2, -0.15) is 26.3 Å². The molecular formula is C19H25F17O4Si. The lowest BCUT2D eigenvalue weighted by Gasteiger charge is -2.38. The predicted octanol–water partition coefficient (Wildman–Crippen LogP) is 6.37. The van der Waals surface area contributed by atoms with E-state index in [4.69, 9.17) is 13.3 Å². The first-order valence-corrected chi connectivity index (χ1v) is 12.8. The van der Waals surface area contributed by atoms with Crippen LogP contribution in [0.4, 0.5) is 74.6 Å². The fraction of sp³-hybridized carbons (Fsp3) is 1.00. The number of hydrogen-bond donors (Lipinski definition) is 0. The van der Waals surface area contributed by atoms with E-state index in [1.807, 2.05) is 0 Å². The van der Waals surface area contributed by atoms with Crippen molar-refractivity contribution < 1.29 is 92.7 Å². The molecule has 0 saturated carbocycles. The van der Waals surface area contributed by atoms with Crippen LogP contribution in [-0.2, 0) is 18.0 Å². The molecule has 41 heavy (non-hydrogen) atoms. The Labute approximate surface area is 222 Å². The Bertz CT molecular complexity index is 772. The molecule has 0 rings (SSSR count). The highest BCUT2D eigenvalue weighted by atomic mass is 28.4. The van der Waals surface area contributed by atoms with E-state index in [0.717, 1.165) is 28.3 Å². The van der Waals surface area contributed by atoms with Crippen LogP contribution in [0.1, 0.15) is 13.3 Å². The topological polar surface area (TPSA) is 36.9 Å². The molecule has 10 unspecified atom stereocenters. The lowest BCUT2D eigenvalue weighted by molar-refractivity contribution is -0.370. The smallest absolute Gasteiger partial charge is 0.375 e. The van der Waals surface area contributed by atoms with E-state index < -0.39 is 101 Å². The van der Waals surface area contributed by atoms with Crippen LogP contribution >= 0.6 is 0 Å². The average molecular weight is 668 g/mol. The molecule has 0 aliphatic heterocycles. The molecule has 22 heteroatoms. The quantitative estimate of drug-likeness (QED) is 0.119. The molecular weight excluding hydrogens is 643 g/mol. The van der Waals surface area contributed by atoms with Crippen molar-refractivity contribution >= 4 is 8.80 Å². The van der Waals surface area contributed by atoms with Crippen molar-refractivity contribution in [3.63, 3.8) is 0 Å². The van der Waals surface area contributed by atoms with Crippen LogP contribution in [0.25, 0.3) is 0 Å². The normalized spacial score (nSPS) is 21.5. The summed E-state index contributed by atoms with van der Waals surface area (Å²) in [6, 6.07) is 0. The van der Waals surface area contributed by atoms with Crippen molar-refractivity contribution in [2.75, 3.05) is 21.3 Å². The Morgan fingerprint density at radius 1 is 0.537 bits per heavy atom. The first kappa shape index (κ1) is 39.9. The summed E-state index contributed by atoms with van der Waals surface area (Å²) in [6.45, 7) is 1.05. The van der Waals surface area contributed by atoms with Crippen LogP contribution in [0.5, 0.6) is 0 Å². The van der Waals surface area contributed by atoms with Gasteiger partial charge >= 0.3 is 26.6 Å². The second-order valence-corrected chi connectivity index (χ2v) is 11.3. The first-order valence-electron chi connectivity index (χ1n) is 11.0. The molecule has 0 aromatic carbocycles. The van der Waals surface area contributed by atoms with Crippen molar-refractivity contribution in [1.29, 1.82) is 0 Å². The van der Waals surface area contributed by atoms with Crippen molar-refractivity contribution in [3.05, 3.63) is 0 Å². The lowest BCUT2D eigenvalue weighted by atomic mass is 9.92. The summed E-state index contributed by atoms with van der Waals surface area (Å²) in [7, 11) is -1.87. The zero-order valence-corrected chi connectivity index (χ0v) is 22.1. The molecule has 10 atom stereocenters. The van der Waals surface area contributed by atoms with Crippen LogP contribution in [0.2, 0.25) is 0 Å². The molecule has 0 aliphatic rings. The van der Waals surface area contributed by atoms with E-state index in [1.54, 1.807) is 0 Å². The molecule has 0 aliphatic carbocycles. The van der Waals surface area contributed by atoms with Crippen molar-refractivity contribution in [1.82, 2.24) is 0 Å². The van der Waals surface area contributed by atoms with E-state index in [1.165, 1.54) is 0 Å². The Balaban J connectivity index is 6.02. The van der Waals surface area contributed by atoms with Crippen LogP contribution < -0.4 is 0 Å². The number of alkyl halides is 17. The van der Waals surface area contributed by atoms with Crippen molar-refractivity contribution in [2.24, 2.45) is 0 Å². The largest absolute Gasteiger partial charge is 0.530 e. The minimum atomic E-state index is -7.33. The van der Waals surface area contributed by atoms with Gasteiger partial charge in [0.2, 0.25) is 6.17 Å². The van der Waals surface area contributed by atoms with Gasteiger partial charge in [0.05, 0.1) is 0 Å². The second-order valence-electron chi connectivity index (χ2n) is 8.23. The highest BCUT2D eigenvalue weighted by Crippen LogP contribution is 2.52. The molecule has 0 spiro atoms. The van der Waals surface area contributed by atoms with E-state index >= 15 is 0 Å². The fourth-order valence-electron chi connectivity index (χ4n) is 3.22. The summed E-state index contributed by atoms with van der Waals surface area (Å²) in [5.74, 6) is -21.3. The van der Waals surface area contributed by atoms with E-state index in [2.05, 4.69) is 4.74 Å². The summed E-state index contributed by atoms with van der Waals surface area (Å²) in [5.41, 5.74) is -2.10. The molecule has 248 valence electrons. The third-order valence-corrected chi connectivity index (χ3v) is 8.76. The lowest BCUT2D eigenvalue weighted by Crippen LogP contribution is -2.66. The zero-order valence-electron chi connectivity index (χ0n) is 21.1. The van der Waals surface area contributed by atoms with Crippen LogP contribution in [0.3, 0.4) is 0 Å². The third-order valence-electron chi connectivity index (χ3n) is 5.72. The molecule has 0 fully saturated rings. The minimum absolute atomic E-state index is 0.611. The number of ether oxygens (including phenoxy) is 1. The van der Waals surface area contributed by atoms with Crippen LogP contribution in [0.15, 0.2) is 0 Å². The molecule has 0 amide bonds. The summed E-state index contributed by atoms with van der Waals surface area (Å²) in [6.07, 6.45) is -47.2. The maximum atomic E-state index is 14.2. The van der Waals surface area contributed by atoms with E-state index in [0.29, 0.717) is 0 Å². The summed E-state index contributed by atoms with van der Waals surface area (Å²) < 4.78 is 250. The Morgan fingerprint density at radius 3 is 1.20 bits per heavy atom. The number of halogens is 17. The highest BCUT2D eigenvalue weighted by Gasteiger charge is 2.79. The summed E-state index contributed by atoms with van der Waals surface area (Å²) in [4.78, 5) is 0. The first-order chi connectivity index (χ1) is 18.5. The number of rotatable bonds is 19. The highest BCUT2D eigenvalue weighted by molar-refractivity contribution is 6.62. The monoisotopic (exact) mass is 668 g/mol. The summed E-state index contributed by atoms with van der Waals surface area (Å²) in [5, 5.41) is 0. The predicted molar refractivity (Wildman–Crippen MR) is 107 cm³/mol. The molecule has 4 nitrogen and oxygen atoms in total. The molecule has 0 radical (unpaired) electrons. The van der Waals surface area contributed by atoms with Gasteiger partial charge in [0, 0.05) is 21.3 Å². The van der Waals surface area contributed by atoms with Gasteiger partial charge in [-0.25, -0.2) is 48.3 Å². The Kier molecular flexibility index (Phi) is 14.6. The van der Waals surface area contributed by atoms with Gasteiger partial charge < -0.3 is 18.0 Å². The molecule has 0 heterocycles. The Morgan fingerprint density at radius 2 is 0.878 bits per heavy atom. The van der Waals surface area contributed by atoms with Gasteiger partial charge in [0.1, 0.15) is 5.73 Å². The minimum Gasteiger partial charge on any atom is -0.375 e. The van der Waals surface area contributed by atoms with E-state index in [9.17, 15) is 74.6 Å². The van der Waals surface area contributed by atoms with Gasteiger partial charge in [-0.1, -0.05) is 6.92 Å². The van der Waals surface area contributed by atoms with Crippen LogP contribution in [-0.4, -0.2) is 116 Å². The Hall–Kier alpha value is -1.13. The van der Waals surface area contributed by atoms with Gasteiger partial charge in [-0.3, -0.25) is 0 Å². The molecule has 0 aromatic heterocycles. The molecule has 0 bridgehead atoms.